The molecule has 4 heteroatoms. The van der Waals surface area contributed by atoms with Crippen molar-refractivity contribution in [3.63, 3.8) is 0 Å². The van der Waals surface area contributed by atoms with E-state index in [1.54, 1.807) is 0 Å². The normalized spacial score (nSPS) is 11.2. The van der Waals surface area contributed by atoms with Crippen LogP contribution in [0.15, 0.2) is 66.7 Å². The summed E-state index contributed by atoms with van der Waals surface area (Å²) >= 11 is 0. The van der Waals surface area contributed by atoms with Gasteiger partial charge in [0, 0.05) is 11.1 Å². The van der Waals surface area contributed by atoms with Crippen LogP contribution in [-0.2, 0) is 0 Å². The molecule has 0 aliphatic rings. The molecule has 160 valence electrons. The van der Waals surface area contributed by atoms with Gasteiger partial charge in [0.15, 0.2) is 17.3 Å². The summed E-state index contributed by atoms with van der Waals surface area (Å²) in [4.78, 5) is 3.65. The molecule has 0 spiro atoms. The fourth-order valence-corrected chi connectivity index (χ4v) is 4.14. The van der Waals surface area contributed by atoms with Crippen LogP contribution >= 0.6 is 0 Å². The van der Waals surface area contributed by atoms with E-state index in [0.29, 0.717) is 17.5 Å². The zero-order valence-corrected chi connectivity index (χ0v) is 19.3. The molecule has 0 aliphatic carbocycles. The van der Waals surface area contributed by atoms with E-state index in [4.69, 9.17) is 6.57 Å². The molecule has 1 heterocycles. The molecule has 3 aromatic carbocycles. The molecule has 0 N–H and O–H groups in total. The van der Waals surface area contributed by atoms with E-state index in [-0.39, 0.29) is 0 Å². The summed E-state index contributed by atoms with van der Waals surface area (Å²) in [5.41, 5.74) is 7.27. The van der Waals surface area contributed by atoms with Crippen LogP contribution in [0.1, 0.15) is 56.2 Å². The van der Waals surface area contributed by atoms with Crippen molar-refractivity contribution in [1.29, 1.82) is 0 Å². The third-order valence-electron chi connectivity index (χ3n) is 5.85. The summed E-state index contributed by atoms with van der Waals surface area (Å²) in [5, 5.41) is 9.36. The van der Waals surface area contributed by atoms with Gasteiger partial charge < -0.3 is 0 Å². The van der Waals surface area contributed by atoms with E-state index < -0.39 is 0 Å². The first-order valence-electron chi connectivity index (χ1n) is 11.0. The monoisotopic (exact) mass is 420 g/mol. The summed E-state index contributed by atoms with van der Waals surface area (Å²) in [5.74, 6) is 2.24. The van der Waals surface area contributed by atoms with Crippen molar-refractivity contribution in [2.24, 2.45) is 0 Å². The van der Waals surface area contributed by atoms with Gasteiger partial charge in [0.2, 0.25) is 0 Å². The maximum Gasteiger partial charge on any atom is 0.187 e. The van der Waals surface area contributed by atoms with Gasteiger partial charge in [0.1, 0.15) is 0 Å². The number of para-hydroxylation sites is 1. The first-order valence-corrected chi connectivity index (χ1v) is 11.0. The van der Waals surface area contributed by atoms with Crippen molar-refractivity contribution in [3.8, 4) is 28.5 Å². The molecule has 0 bridgehead atoms. The molecule has 0 unspecified atom stereocenters. The van der Waals surface area contributed by atoms with E-state index >= 15 is 0 Å². The highest BCUT2D eigenvalue weighted by Gasteiger charge is 2.24. The summed E-state index contributed by atoms with van der Waals surface area (Å²) < 4.78 is 2.20. The Balaban J connectivity index is 2.13. The van der Waals surface area contributed by atoms with Gasteiger partial charge >= 0.3 is 0 Å². The molecule has 1 aromatic heterocycles. The van der Waals surface area contributed by atoms with Crippen LogP contribution in [0.25, 0.3) is 33.3 Å². The minimum Gasteiger partial charge on any atom is -0.274 e. The SMILES string of the molecule is [C-]#[N+]c1ccc(C)c(-c2nnc(-c3ccccc3)n2-c2c(C(C)C)cccc2C(C)C)c1. The van der Waals surface area contributed by atoms with Gasteiger partial charge in [-0.1, -0.05) is 88.4 Å². The highest BCUT2D eigenvalue weighted by atomic mass is 15.3. The van der Waals surface area contributed by atoms with Crippen LogP contribution in [0.2, 0.25) is 0 Å². The summed E-state index contributed by atoms with van der Waals surface area (Å²) in [6, 6.07) is 22.5. The quantitative estimate of drug-likeness (QED) is 0.310. The Labute approximate surface area is 190 Å². The second-order valence-corrected chi connectivity index (χ2v) is 8.75. The molecule has 4 aromatic rings. The number of aryl methyl sites for hydroxylation is 1. The predicted molar refractivity (Wildman–Crippen MR) is 131 cm³/mol. The number of aromatic nitrogens is 3. The van der Waals surface area contributed by atoms with Gasteiger partial charge in [-0.25, -0.2) is 4.85 Å². The van der Waals surface area contributed by atoms with Crippen molar-refractivity contribution < 1.29 is 0 Å². The lowest BCUT2D eigenvalue weighted by Crippen LogP contribution is -2.10. The molecule has 0 aliphatic heterocycles. The van der Waals surface area contributed by atoms with Crippen LogP contribution in [0.3, 0.4) is 0 Å². The zero-order valence-electron chi connectivity index (χ0n) is 19.3. The number of hydrogen-bond acceptors (Lipinski definition) is 2. The number of nitrogens with zero attached hydrogens (tertiary/aromatic N) is 4. The van der Waals surface area contributed by atoms with Gasteiger partial charge in [0.05, 0.1) is 12.3 Å². The fourth-order valence-electron chi connectivity index (χ4n) is 4.14. The van der Waals surface area contributed by atoms with Crippen molar-refractivity contribution in [3.05, 3.63) is 94.8 Å². The Bertz CT molecular complexity index is 1260. The lowest BCUT2D eigenvalue weighted by molar-refractivity contribution is 0.807. The topological polar surface area (TPSA) is 35.1 Å². The van der Waals surface area contributed by atoms with Gasteiger partial charge in [-0.05, 0) is 41.5 Å². The first kappa shape index (κ1) is 21.5. The molecular formula is C28H28N4. The molecular weight excluding hydrogens is 392 g/mol. The highest BCUT2D eigenvalue weighted by molar-refractivity contribution is 5.73. The average molecular weight is 421 g/mol. The van der Waals surface area contributed by atoms with E-state index in [9.17, 15) is 0 Å². The minimum atomic E-state index is 0.332. The minimum absolute atomic E-state index is 0.332. The Kier molecular flexibility index (Phi) is 5.92. The Hall–Kier alpha value is -3.71. The van der Waals surface area contributed by atoms with Gasteiger partial charge in [-0.3, -0.25) is 4.57 Å². The van der Waals surface area contributed by atoms with Gasteiger partial charge in [-0.2, -0.15) is 0 Å². The van der Waals surface area contributed by atoms with Gasteiger partial charge in [0.25, 0.3) is 0 Å². The van der Waals surface area contributed by atoms with Crippen LogP contribution in [0, 0.1) is 13.5 Å². The maximum absolute atomic E-state index is 7.49. The largest absolute Gasteiger partial charge is 0.274 e. The van der Waals surface area contributed by atoms with Gasteiger partial charge in [-0.15, -0.1) is 10.2 Å². The smallest absolute Gasteiger partial charge is 0.187 e. The van der Waals surface area contributed by atoms with Crippen LogP contribution in [0.4, 0.5) is 5.69 Å². The molecule has 0 amide bonds. The molecule has 0 saturated heterocycles. The van der Waals surface area contributed by atoms with Crippen molar-refractivity contribution >= 4 is 5.69 Å². The molecule has 0 fully saturated rings. The Morgan fingerprint density at radius 3 is 2.00 bits per heavy atom. The van der Waals surface area contributed by atoms with E-state index in [1.807, 2.05) is 36.4 Å². The van der Waals surface area contributed by atoms with Crippen LogP contribution in [0.5, 0.6) is 0 Å². The number of benzene rings is 3. The molecule has 32 heavy (non-hydrogen) atoms. The average Bonchev–Trinajstić information content (AvgIpc) is 3.23. The number of hydrogen-bond donors (Lipinski definition) is 0. The van der Waals surface area contributed by atoms with Crippen LogP contribution < -0.4 is 0 Å². The van der Waals surface area contributed by atoms with E-state index in [0.717, 1.165) is 34.0 Å². The predicted octanol–water partition coefficient (Wildman–Crippen LogP) is 7.71. The molecule has 0 saturated carbocycles. The first-order chi connectivity index (χ1) is 15.4. The fraction of sp³-hybridized carbons (Fsp3) is 0.250. The van der Waals surface area contributed by atoms with Crippen molar-refractivity contribution in [2.45, 2.75) is 46.5 Å². The third kappa shape index (κ3) is 3.83. The lowest BCUT2D eigenvalue weighted by Gasteiger charge is -2.23. The molecule has 0 atom stereocenters. The molecule has 4 nitrogen and oxygen atoms in total. The third-order valence-corrected chi connectivity index (χ3v) is 5.85. The summed E-state index contributed by atoms with van der Waals surface area (Å²) in [6.07, 6.45) is 0. The zero-order chi connectivity index (χ0) is 22.8. The molecule has 4 rings (SSSR count). The van der Waals surface area contributed by atoms with E-state index in [1.165, 1.54) is 11.1 Å². The van der Waals surface area contributed by atoms with Crippen LogP contribution in [-0.4, -0.2) is 14.8 Å². The molecule has 0 radical (unpaired) electrons. The van der Waals surface area contributed by atoms with E-state index in [2.05, 4.69) is 84.6 Å². The second-order valence-electron chi connectivity index (χ2n) is 8.75. The second kappa shape index (κ2) is 8.80. The maximum atomic E-state index is 7.49. The van der Waals surface area contributed by atoms with Crippen molar-refractivity contribution in [2.75, 3.05) is 0 Å². The Morgan fingerprint density at radius 2 is 1.41 bits per heavy atom. The number of rotatable bonds is 5. The summed E-state index contributed by atoms with van der Waals surface area (Å²) in [6.45, 7) is 18.4. The summed E-state index contributed by atoms with van der Waals surface area (Å²) in [7, 11) is 0. The highest BCUT2D eigenvalue weighted by Crippen LogP contribution is 2.38. The lowest BCUT2D eigenvalue weighted by atomic mass is 9.92. The van der Waals surface area contributed by atoms with Crippen molar-refractivity contribution in [1.82, 2.24) is 14.8 Å². The Morgan fingerprint density at radius 1 is 0.781 bits per heavy atom. The standard InChI is InChI=1S/C28H28N4/c1-18(2)23-13-10-14-24(19(3)4)26(23)32-27(21-11-8-7-9-12-21)30-31-28(32)25-17-22(29-6)16-15-20(25)5/h7-19H,1-5H3.